The van der Waals surface area contributed by atoms with E-state index in [0.29, 0.717) is 6.42 Å². The summed E-state index contributed by atoms with van der Waals surface area (Å²) in [5.74, 6) is -0.827. The fraction of sp³-hybridized carbons (Fsp3) is 0.500. The lowest BCUT2D eigenvalue weighted by atomic mass is 10.1. The summed E-state index contributed by atoms with van der Waals surface area (Å²) < 4.78 is 1.79. The van der Waals surface area contributed by atoms with Gasteiger partial charge in [-0.05, 0) is 6.42 Å². The molecule has 0 spiro atoms. The van der Waals surface area contributed by atoms with Crippen molar-refractivity contribution < 1.29 is 9.90 Å². The Morgan fingerprint density at radius 1 is 1.85 bits per heavy atom. The summed E-state index contributed by atoms with van der Waals surface area (Å²) >= 11 is 0. The third-order valence-electron chi connectivity index (χ3n) is 1.77. The average molecular weight is 183 g/mol. The van der Waals surface area contributed by atoms with E-state index in [9.17, 15) is 4.79 Å². The summed E-state index contributed by atoms with van der Waals surface area (Å²) in [5, 5.41) is 8.43. The SMILES string of the molecule is Cn1cnc(C(N)CCC(=O)O)c1. The zero-order valence-corrected chi connectivity index (χ0v) is 7.47. The Kier molecular flexibility index (Phi) is 3.02. The smallest absolute Gasteiger partial charge is 0.303 e. The molecule has 0 aromatic carbocycles. The summed E-state index contributed by atoms with van der Waals surface area (Å²) in [6, 6.07) is -0.280. The van der Waals surface area contributed by atoms with Crippen LogP contribution >= 0.6 is 0 Å². The largest absolute Gasteiger partial charge is 0.481 e. The lowest BCUT2D eigenvalue weighted by Gasteiger charge is -2.05. The maximum atomic E-state index is 10.3. The van der Waals surface area contributed by atoms with E-state index in [1.54, 1.807) is 17.1 Å². The molecule has 5 nitrogen and oxygen atoms in total. The molecular formula is C8H13N3O2. The van der Waals surface area contributed by atoms with Crippen molar-refractivity contribution in [2.24, 2.45) is 12.8 Å². The Labute approximate surface area is 76.2 Å². The molecule has 1 rings (SSSR count). The second kappa shape index (κ2) is 4.04. The highest BCUT2D eigenvalue weighted by atomic mass is 16.4. The maximum Gasteiger partial charge on any atom is 0.303 e. The highest BCUT2D eigenvalue weighted by Crippen LogP contribution is 2.12. The van der Waals surface area contributed by atoms with Gasteiger partial charge in [0.15, 0.2) is 0 Å². The van der Waals surface area contributed by atoms with E-state index in [2.05, 4.69) is 4.98 Å². The minimum absolute atomic E-state index is 0.0811. The molecule has 0 amide bonds. The molecule has 0 aliphatic carbocycles. The predicted molar refractivity (Wildman–Crippen MR) is 47.0 cm³/mol. The number of carboxylic acid groups (broad SMARTS) is 1. The molecule has 1 aromatic rings. The zero-order chi connectivity index (χ0) is 9.84. The monoisotopic (exact) mass is 183 g/mol. The Morgan fingerprint density at radius 3 is 3.00 bits per heavy atom. The van der Waals surface area contributed by atoms with Crippen molar-refractivity contribution in [3.63, 3.8) is 0 Å². The van der Waals surface area contributed by atoms with E-state index in [-0.39, 0.29) is 12.5 Å². The number of aryl methyl sites for hydroxylation is 1. The first-order valence-electron chi connectivity index (χ1n) is 4.05. The molecule has 5 heteroatoms. The fourth-order valence-corrected chi connectivity index (χ4v) is 1.05. The van der Waals surface area contributed by atoms with Crippen molar-refractivity contribution in [2.45, 2.75) is 18.9 Å². The van der Waals surface area contributed by atoms with Crippen LogP contribution in [-0.2, 0) is 11.8 Å². The lowest BCUT2D eigenvalue weighted by molar-refractivity contribution is -0.137. The summed E-state index contributed by atoms with van der Waals surface area (Å²) in [6.07, 6.45) is 3.95. The second-order valence-corrected chi connectivity index (χ2v) is 3.00. The van der Waals surface area contributed by atoms with Gasteiger partial charge in [-0.25, -0.2) is 4.98 Å². The Hall–Kier alpha value is -1.36. The molecule has 0 bridgehead atoms. The Bertz CT molecular complexity index is 295. The van der Waals surface area contributed by atoms with Crippen molar-refractivity contribution >= 4 is 5.97 Å². The van der Waals surface area contributed by atoms with Gasteiger partial charge in [-0.15, -0.1) is 0 Å². The van der Waals surface area contributed by atoms with Crippen molar-refractivity contribution in [2.75, 3.05) is 0 Å². The van der Waals surface area contributed by atoms with Crippen molar-refractivity contribution in [1.29, 1.82) is 0 Å². The first-order valence-corrected chi connectivity index (χ1v) is 4.05. The molecular weight excluding hydrogens is 170 g/mol. The average Bonchev–Trinajstić information content (AvgIpc) is 2.47. The van der Waals surface area contributed by atoms with Gasteiger partial charge in [-0.1, -0.05) is 0 Å². The minimum atomic E-state index is -0.827. The molecule has 0 aliphatic rings. The molecule has 1 unspecified atom stereocenters. The number of imidazole rings is 1. The van der Waals surface area contributed by atoms with Gasteiger partial charge >= 0.3 is 5.97 Å². The Morgan fingerprint density at radius 2 is 2.54 bits per heavy atom. The van der Waals surface area contributed by atoms with Crippen LogP contribution in [0.4, 0.5) is 0 Å². The standard InChI is InChI=1S/C8H13N3O2/c1-11-4-7(10-5-11)6(9)2-3-8(12)13/h4-6H,2-3,9H2,1H3,(H,12,13). The number of aromatic nitrogens is 2. The molecule has 13 heavy (non-hydrogen) atoms. The molecule has 0 saturated carbocycles. The number of carboxylic acids is 1. The van der Waals surface area contributed by atoms with Crippen LogP contribution in [-0.4, -0.2) is 20.6 Å². The molecule has 3 N–H and O–H groups in total. The van der Waals surface area contributed by atoms with Crippen LogP contribution in [0.5, 0.6) is 0 Å². The van der Waals surface area contributed by atoms with E-state index in [1.165, 1.54) is 0 Å². The summed E-state index contributed by atoms with van der Waals surface area (Å²) in [5.41, 5.74) is 6.46. The minimum Gasteiger partial charge on any atom is -0.481 e. The van der Waals surface area contributed by atoms with Crippen LogP contribution in [0.1, 0.15) is 24.6 Å². The van der Waals surface area contributed by atoms with Crippen LogP contribution in [0.15, 0.2) is 12.5 Å². The number of nitrogens with zero attached hydrogens (tertiary/aromatic N) is 2. The van der Waals surface area contributed by atoms with Crippen LogP contribution in [0.2, 0.25) is 0 Å². The molecule has 0 saturated heterocycles. The van der Waals surface area contributed by atoms with Gasteiger partial charge < -0.3 is 15.4 Å². The number of hydrogen-bond acceptors (Lipinski definition) is 3. The van der Waals surface area contributed by atoms with Gasteiger partial charge in [0.1, 0.15) is 0 Å². The molecule has 72 valence electrons. The van der Waals surface area contributed by atoms with Crippen LogP contribution in [0.3, 0.4) is 0 Å². The molecule has 0 radical (unpaired) electrons. The van der Waals surface area contributed by atoms with Gasteiger partial charge in [-0.3, -0.25) is 4.79 Å². The van der Waals surface area contributed by atoms with E-state index in [0.717, 1.165) is 5.69 Å². The first kappa shape index (κ1) is 9.73. The topological polar surface area (TPSA) is 81.1 Å². The first-order chi connectivity index (χ1) is 6.09. The summed E-state index contributed by atoms with van der Waals surface area (Å²) in [4.78, 5) is 14.3. The van der Waals surface area contributed by atoms with Gasteiger partial charge in [0.25, 0.3) is 0 Å². The van der Waals surface area contributed by atoms with Gasteiger partial charge in [0, 0.05) is 25.7 Å². The van der Waals surface area contributed by atoms with Gasteiger partial charge in [0.05, 0.1) is 12.0 Å². The second-order valence-electron chi connectivity index (χ2n) is 3.00. The molecule has 1 aromatic heterocycles. The number of carbonyl (C=O) groups is 1. The molecule has 0 aliphatic heterocycles. The lowest BCUT2D eigenvalue weighted by Crippen LogP contribution is -2.12. The Balaban J connectivity index is 2.48. The quantitative estimate of drug-likeness (QED) is 0.702. The number of nitrogens with two attached hydrogens (primary N) is 1. The third-order valence-corrected chi connectivity index (χ3v) is 1.77. The van der Waals surface area contributed by atoms with Crippen LogP contribution < -0.4 is 5.73 Å². The predicted octanol–water partition coefficient (Wildman–Crippen LogP) is 0.285. The fourth-order valence-electron chi connectivity index (χ4n) is 1.05. The van der Waals surface area contributed by atoms with Crippen LogP contribution in [0, 0.1) is 0 Å². The van der Waals surface area contributed by atoms with Crippen molar-refractivity contribution in [3.05, 3.63) is 18.2 Å². The molecule has 0 fully saturated rings. The normalized spacial score (nSPS) is 12.8. The molecule has 1 heterocycles. The maximum absolute atomic E-state index is 10.3. The van der Waals surface area contributed by atoms with Gasteiger partial charge in [-0.2, -0.15) is 0 Å². The molecule has 1 atom stereocenters. The number of aliphatic carboxylic acids is 1. The summed E-state index contributed by atoms with van der Waals surface area (Å²) in [7, 11) is 1.85. The van der Waals surface area contributed by atoms with E-state index in [4.69, 9.17) is 10.8 Å². The highest BCUT2D eigenvalue weighted by molar-refractivity contribution is 5.66. The van der Waals surface area contributed by atoms with Crippen LogP contribution in [0.25, 0.3) is 0 Å². The highest BCUT2D eigenvalue weighted by Gasteiger charge is 2.10. The van der Waals surface area contributed by atoms with E-state index < -0.39 is 5.97 Å². The van der Waals surface area contributed by atoms with E-state index >= 15 is 0 Å². The number of rotatable bonds is 4. The van der Waals surface area contributed by atoms with Crippen molar-refractivity contribution in [3.8, 4) is 0 Å². The zero-order valence-electron chi connectivity index (χ0n) is 7.47. The van der Waals surface area contributed by atoms with Crippen molar-refractivity contribution in [1.82, 2.24) is 9.55 Å². The third kappa shape index (κ3) is 2.87. The van der Waals surface area contributed by atoms with E-state index in [1.807, 2.05) is 7.05 Å². The summed E-state index contributed by atoms with van der Waals surface area (Å²) in [6.45, 7) is 0. The number of hydrogen-bond donors (Lipinski definition) is 2. The van der Waals surface area contributed by atoms with Gasteiger partial charge in [0.2, 0.25) is 0 Å².